The van der Waals surface area contributed by atoms with Crippen molar-refractivity contribution in [3.63, 3.8) is 0 Å². The molecule has 0 aliphatic heterocycles. The number of benzene rings is 1. The lowest BCUT2D eigenvalue weighted by atomic mass is 10.1. The molecule has 8 nitrogen and oxygen atoms in total. The van der Waals surface area contributed by atoms with E-state index in [9.17, 15) is 10.1 Å². The number of carbonyl (C=O) groups excluding carboxylic acids is 1. The van der Waals surface area contributed by atoms with Crippen LogP contribution in [0.5, 0.6) is 5.88 Å². The van der Waals surface area contributed by atoms with Crippen molar-refractivity contribution < 1.29 is 9.53 Å². The molecule has 0 radical (unpaired) electrons. The summed E-state index contributed by atoms with van der Waals surface area (Å²) < 4.78 is 5.33. The number of nitrogens with zero attached hydrogens (tertiary/aromatic N) is 4. The van der Waals surface area contributed by atoms with Gasteiger partial charge in [-0.05, 0) is 31.2 Å². The summed E-state index contributed by atoms with van der Waals surface area (Å²) in [5.41, 5.74) is 2.95. The van der Waals surface area contributed by atoms with Crippen LogP contribution in [0, 0.1) is 17.2 Å². The lowest BCUT2D eigenvalue weighted by Gasteiger charge is -2.11. The van der Waals surface area contributed by atoms with E-state index >= 15 is 0 Å². The Labute approximate surface area is 175 Å². The number of anilines is 3. The quantitative estimate of drug-likeness (QED) is 0.610. The summed E-state index contributed by atoms with van der Waals surface area (Å²) >= 11 is 0. The number of rotatable bonds is 7. The summed E-state index contributed by atoms with van der Waals surface area (Å²) in [6.45, 7) is 6.04. The third kappa shape index (κ3) is 5.08. The molecule has 0 fully saturated rings. The van der Waals surface area contributed by atoms with Crippen molar-refractivity contribution in [2.45, 2.75) is 20.8 Å². The number of nitrogens with one attached hydrogen (secondary N) is 2. The largest absolute Gasteiger partial charge is 0.478 e. The zero-order valence-electron chi connectivity index (χ0n) is 17.0. The number of ether oxygens (including phenoxy) is 1. The molecule has 0 bridgehead atoms. The van der Waals surface area contributed by atoms with E-state index in [4.69, 9.17) is 4.74 Å². The molecule has 0 saturated heterocycles. The second-order valence-corrected chi connectivity index (χ2v) is 6.72. The van der Waals surface area contributed by atoms with Gasteiger partial charge in [0.25, 0.3) is 0 Å². The van der Waals surface area contributed by atoms with Crippen LogP contribution in [0.4, 0.5) is 17.3 Å². The predicted molar refractivity (Wildman–Crippen MR) is 114 cm³/mol. The third-order valence-electron chi connectivity index (χ3n) is 4.16. The van der Waals surface area contributed by atoms with Gasteiger partial charge in [0.15, 0.2) is 0 Å². The second-order valence-electron chi connectivity index (χ2n) is 6.72. The maximum Gasteiger partial charge on any atom is 0.227 e. The summed E-state index contributed by atoms with van der Waals surface area (Å²) in [6, 6.07) is 12.7. The average Bonchev–Trinajstić information content (AvgIpc) is 2.75. The first-order valence-electron chi connectivity index (χ1n) is 9.54. The Kier molecular flexibility index (Phi) is 6.55. The van der Waals surface area contributed by atoms with Crippen molar-refractivity contribution in [3.05, 3.63) is 54.4 Å². The van der Waals surface area contributed by atoms with Crippen LogP contribution in [-0.2, 0) is 4.79 Å². The first-order chi connectivity index (χ1) is 14.5. The van der Waals surface area contributed by atoms with Crippen molar-refractivity contribution in [1.29, 1.82) is 5.26 Å². The SMILES string of the molecule is CCOc1ccc(Nc2nccc(-c3ccc(NC(=O)C(C)C)c(C#N)c3)n2)cn1. The van der Waals surface area contributed by atoms with Gasteiger partial charge in [0.1, 0.15) is 6.07 Å². The van der Waals surface area contributed by atoms with Crippen molar-refractivity contribution in [2.75, 3.05) is 17.2 Å². The Morgan fingerprint density at radius 1 is 1.20 bits per heavy atom. The number of hydrogen-bond acceptors (Lipinski definition) is 7. The summed E-state index contributed by atoms with van der Waals surface area (Å²) in [6.07, 6.45) is 3.27. The molecule has 30 heavy (non-hydrogen) atoms. The topological polar surface area (TPSA) is 113 Å². The fourth-order valence-corrected chi connectivity index (χ4v) is 2.58. The molecule has 0 aliphatic carbocycles. The van der Waals surface area contributed by atoms with Gasteiger partial charge in [0.2, 0.25) is 17.7 Å². The molecule has 2 N–H and O–H groups in total. The average molecular weight is 402 g/mol. The molecule has 2 aromatic heterocycles. The Hall–Kier alpha value is -3.99. The smallest absolute Gasteiger partial charge is 0.227 e. The number of pyridine rings is 1. The third-order valence-corrected chi connectivity index (χ3v) is 4.16. The minimum absolute atomic E-state index is 0.142. The van der Waals surface area contributed by atoms with Crippen LogP contribution in [-0.4, -0.2) is 27.5 Å². The summed E-state index contributed by atoms with van der Waals surface area (Å²) in [7, 11) is 0. The Morgan fingerprint density at radius 2 is 2.03 bits per heavy atom. The Morgan fingerprint density at radius 3 is 2.70 bits per heavy atom. The fourth-order valence-electron chi connectivity index (χ4n) is 2.58. The molecule has 3 rings (SSSR count). The lowest BCUT2D eigenvalue weighted by Crippen LogP contribution is -2.18. The molecule has 1 amide bonds. The molecular formula is C22H22N6O2. The molecule has 0 atom stereocenters. The van der Waals surface area contributed by atoms with Crippen LogP contribution in [0.15, 0.2) is 48.8 Å². The summed E-state index contributed by atoms with van der Waals surface area (Å²) in [5.74, 6) is 0.626. The lowest BCUT2D eigenvalue weighted by molar-refractivity contribution is -0.118. The van der Waals surface area contributed by atoms with Crippen LogP contribution in [0.2, 0.25) is 0 Å². The van der Waals surface area contributed by atoms with Gasteiger partial charge in [-0.15, -0.1) is 0 Å². The van der Waals surface area contributed by atoms with Crippen LogP contribution in [0.3, 0.4) is 0 Å². The van der Waals surface area contributed by atoms with Gasteiger partial charge < -0.3 is 15.4 Å². The normalized spacial score (nSPS) is 10.4. The number of amides is 1. The molecule has 3 aromatic rings. The maximum absolute atomic E-state index is 11.9. The van der Waals surface area contributed by atoms with E-state index in [1.165, 1.54) is 0 Å². The van der Waals surface area contributed by atoms with Crippen LogP contribution in [0.1, 0.15) is 26.3 Å². The van der Waals surface area contributed by atoms with Crippen molar-refractivity contribution in [2.24, 2.45) is 5.92 Å². The van der Waals surface area contributed by atoms with Gasteiger partial charge in [0, 0.05) is 23.7 Å². The molecule has 0 unspecified atom stereocenters. The molecule has 2 heterocycles. The summed E-state index contributed by atoms with van der Waals surface area (Å²) in [4.78, 5) is 24.9. The standard InChI is InChI=1S/C22H22N6O2/c1-4-30-20-8-6-17(13-25-20)26-22-24-10-9-19(28-22)15-5-7-18(16(11-15)12-23)27-21(29)14(2)3/h5-11,13-14H,4H2,1-3H3,(H,27,29)(H,24,26,28). The van der Waals surface area contributed by atoms with Crippen molar-refractivity contribution >= 4 is 23.2 Å². The number of aromatic nitrogens is 3. The first-order valence-corrected chi connectivity index (χ1v) is 9.54. The zero-order valence-corrected chi connectivity index (χ0v) is 17.0. The minimum atomic E-state index is -0.177. The molecule has 0 spiro atoms. The number of nitriles is 1. The fraction of sp³-hybridized carbons (Fsp3) is 0.227. The molecule has 0 saturated carbocycles. The zero-order chi connectivity index (χ0) is 21.5. The van der Waals surface area contributed by atoms with Gasteiger partial charge in [-0.1, -0.05) is 19.9 Å². The van der Waals surface area contributed by atoms with Gasteiger partial charge in [-0.3, -0.25) is 4.79 Å². The van der Waals surface area contributed by atoms with Crippen LogP contribution < -0.4 is 15.4 Å². The van der Waals surface area contributed by atoms with Crippen LogP contribution in [0.25, 0.3) is 11.3 Å². The Bertz CT molecular complexity index is 1070. The van der Waals surface area contributed by atoms with E-state index in [1.54, 1.807) is 56.6 Å². The first kappa shape index (κ1) is 20.7. The van der Waals surface area contributed by atoms with Crippen molar-refractivity contribution in [3.8, 4) is 23.2 Å². The highest BCUT2D eigenvalue weighted by Gasteiger charge is 2.12. The minimum Gasteiger partial charge on any atom is -0.478 e. The highest BCUT2D eigenvalue weighted by molar-refractivity contribution is 5.93. The molecule has 1 aromatic carbocycles. The van der Waals surface area contributed by atoms with Crippen LogP contribution >= 0.6 is 0 Å². The van der Waals surface area contributed by atoms with E-state index in [-0.39, 0.29) is 11.8 Å². The molecule has 8 heteroatoms. The van der Waals surface area contributed by atoms with Gasteiger partial charge in [-0.25, -0.2) is 15.0 Å². The van der Waals surface area contributed by atoms with Crippen molar-refractivity contribution in [1.82, 2.24) is 15.0 Å². The number of hydrogen-bond donors (Lipinski definition) is 2. The monoisotopic (exact) mass is 402 g/mol. The second kappa shape index (κ2) is 9.47. The highest BCUT2D eigenvalue weighted by Crippen LogP contribution is 2.25. The molecular weight excluding hydrogens is 380 g/mol. The van der Waals surface area contributed by atoms with Gasteiger partial charge in [0.05, 0.1) is 35.4 Å². The molecule has 0 aliphatic rings. The van der Waals surface area contributed by atoms with E-state index < -0.39 is 0 Å². The Balaban J connectivity index is 1.81. The maximum atomic E-state index is 11.9. The van der Waals surface area contributed by atoms with E-state index in [1.807, 2.05) is 13.0 Å². The predicted octanol–water partition coefficient (Wildman–Crippen LogP) is 4.15. The highest BCUT2D eigenvalue weighted by atomic mass is 16.5. The van der Waals surface area contributed by atoms with Gasteiger partial charge in [-0.2, -0.15) is 5.26 Å². The van der Waals surface area contributed by atoms with E-state index in [0.29, 0.717) is 35.4 Å². The van der Waals surface area contributed by atoms with E-state index in [0.717, 1.165) is 11.3 Å². The number of carbonyl (C=O) groups is 1. The van der Waals surface area contributed by atoms with E-state index in [2.05, 4.69) is 31.7 Å². The van der Waals surface area contributed by atoms with Gasteiger partial charge >= 0.3 is 0 Å². The molecule has 152 valence electrons. The summed E-state index contributed by atoms with van der Waals surface area (Å²) in [5, 5.41) is 15.4.